The first-order chi connectivity index (χ1) is 28.4. The Morgan fingerprint density at radius 2 is 0.820 bits per heavy atom. The molecule has 19 N–H and O–H groups in total. The van der Waals surface area contributed by atoms with E-state index in [1.165, 1.54) is 0 Å². The van der Waals surface area contributed by atoms with Gasteiger partial charge in [-0.2, -0.15) is 0 Å². The fourth-order valence-corrected chi connectivity index (χ4v) is 5.52. The summed E-state index contributed by atoms with van der Waals surface area (Å²) in [5.41, 5.74) is 15.9. The van der Waals surface area contributed by atoms with Gasteiger partial charge in [-0.3, -0.25) is 54.0 Å². The fraction of sp³-hybridized carbons (Fsp3) is 0.657. The Bertz CT molecular complexity index is 1590. The van der Waals surface area contributed by atoms with Crippen LogP contribution in [-0.4, -0.2) is 136 Å². The van der Waals surface area contributed by atoms with Crippen molar-refractivity contribution in [3.8, 4) is 0 Å². The van der Waals surface area contributed by atoms with Gasteiger partial charge in [-0.1, -0.05) is 13.8 Å². The lowest BCUT2D eigenvalue weighted by molar-refractivity contribution is -0.142. The van der Waals surface area contributed by atoms with Crippen molar-refractivity contribution in [1.29, 1.82) is 10.8 Å². The Hall–Kier alpha value is -6.76. The lowest BCUT2D eigenvalue weighted by Crippen LogP contribution is -2.59. The monoisotopic (exact) mass is 871 g/mol. The summed E-state index contributed by atoms with van der Waals surface area (Å²) in [5, 5.41) is 62.0. The molecule has 0 aromatic heterocycles. The first kappa shape index (κ1) is 54.2. The molecule has 6 atom stereocenters. The van der Waals surface area contributed by atoms with E-state index >= 15 is 0 Å². The highest BCUT2D eigenvalue weighted by Crippen LogP contribution is 2.11. The predicted molar refractivity (Wildman–Crippen MR) is 215 cm³/mol. The number of carboxylic acid groups (broad SMARTS) is 3. The molecule has 344 valence electrons. The molecule has 0 aliphatic heterocycles. The number of rotatable bonds is 31. The number of carbonyl (C=O) groups is 10. The van der Waals surface area contributed by atoms with Crippen molar-refractivity contribution < 1.29 is 63.3 Å². The Labute approximate surface area is 351 Å². The second-order valence-electron chi connectivity index (χ2n) is 14.4. The minimum Gasteiger partial charge on any atom is -0.481 e. The number of carbonyl (C=O) groups excluding carboxylic acids is 7. The average molecular weight is 872 g/mol. The molecule has 0 spiro atoms. The summed E-state index contributed by atoms with van der Waals surface area (Å²) < 4.78 is 0. The molecule has 0 aromatic carbocycles. The Morgan fingerprint density at radius 1 is 0.492 bits per heavy atom. The van der Waals surface area contributed by atoms with Crippen LogP contribution in [0.4, 0.5) is 0 Å². The molecule has 0 unspecified atom stereocenters. The zero-order chi connectivity index (χ0) is 46.8. The summed E-state index contributed by atoms with van der Waals surface area (Å²) in [5.74, 6) is -11.6. The third-order valence-electron chi connectivity index (χ3n) is 8.49. The number of hydrogen-bond acceptors (Lipinski definition) is 12. The maximum Gasteiger partial charge on any atom is 0.326 e. The zero-order valence-electron chi connectivity index (χ0n) is 34.4. The largest absolute Gasteiger partial charge is 0.481 e. The Kier molecular flexibility index (Phi) is 25.5. The van der Waals surface area contributed by atoms with Gasteiger partial charge in [-0.15, -0.1) is 0 Å². The van der Waals surface area contributed by atoms with Crippen LogP contribution < -0.4 is 59.7 Å². The molecule has 0 fully saturated rings. The highest BCUT2D eigenvalue weighted by molar-refractivity contribution is 5.97. The second kappa shape index (κ2) is 28.6. The molecule has 0 aromatic rings. The quantitative estimate of drug-likeness (QED) is 0.0178. The lowest BCUT2D eigenvalue weighted by atomic mass is 10.0. The third kappa shape index (κ3) is 25.4. The van der Waals surface area contributed by atoms with E-state index in [9.17, 15) is 58.2 Å². The van der Waals surface area contributed by atoms with Crippen LogP contribution in [0.15, 0.2) is 0 Å². The molecule has 26 nitrogen and oxygen atoms in total. The van der Waals surface area contributed by atoms with E-state index in [1.807, 2.05) is 0 Å². The van der Waals surface area contributed by atoms with Gasteiger partial charge in [-0.05, 0) is 57.3 Å². The van der Waals surface area contributed by atoms with E-state index in [1.54, 1.807) is 13.8 Å². The summed E-state index contributed by atoms with van der Waals surface area (Å²) in [7, 11) is 0. The van der Waals surface area contributed by atoms with Gasteiger partial charge in [-0.25, -0.2) is 4.79 Å². The molecule has 0 aliphatic rings. The molecule has 0 bridgehead atoms. The van der Waals surface area contributed by atoms with E-state index in [2.05, 4.69) is 42.5 Å². The molecule has 26 heteroatoms. The standard InChI is InChI=1S/C35H61N13O13/c1-17(2)16-24(48-31(58)22(10-13-27(53)54)45-29(56)20(43-18(3)49)9-12-26(51)52)32(59)46-21(8-11-25(36)50)30(57)44-19(6-4-14-41-34(37)38)28(55)47-23(33(60)61)7-5-15-42-35(39)40/h17,19-24H,4-16H2,1-3H3,(H2,36,50)(H,43,49)(H,44,57)(H,45,56)(H,46,59)(H,47,55)(H,48,58)(H,51,52)(H,53,54)(H,60,61)(H4,37,38,41)(H4,39,40,42)/t19-,20-,21-,22-,23-,24-/m0/s1. The topological polar surface area (TPSA) is 453 Å². The average Bonchev–Trinajstić information content (AvgIpc) is 3.14. The highest BCUT2D eigenvalue weighted by Gasteiger charge is 2.34. The van der Waals surface area contributed by atoms with E-state index in [0.29, 0.717) is 0 Å². The van der Waals surface area contributed by atoms with Crippen molar-refractivity contribution in [2.75, 3.05) is 13.1 Å². The minimum absolute atomic E-state index is 0.0661. The number of hydrogen-bond donors (Lipinski definition) is 16. The Morgan fingerprint density at radius 3 is 1.16 bits per heavy atom. The first-order valence-electron chi connectivity index (χ1n) is 19.3. The minimum atomic E-state index is -1.61. The van der Waals surface area contributed by atoms with Crippen LogP contribution in [0, 0.1) is 16.7 Å². The third-order valence-corrected chi connectivity index (χ3v) is 8.49. The molecule has 0 rings (SSSR count). The van der Waals surface area contributed by atoms with Crippen LogP contribution in [0.2, 0.25) is 0 Å². The lowest BCUT2D eigenvalue weighted by Gasteiger charge is -2.28. The van der Waals surface area contributed by atoms with Crippen LogP contribution in [-0.2, 0) is 47.9 Å². The number of amides is 7. The summed E-state index contributed by atoms with van der Waals surface area (Å²) in [6.45, 7) is 4.62. The molecular weight excluding hydrogens is 810 g/mol. The van der Waals surface area contributed by atoms with Gasteiger partial charge >= 0.3 is 17.9 Å². The van der Waals surface area contributed by atoms with Gasteiger partial charge < -0.3 is 75.1 Å². The predicted octanol–water partition coefficient (Wildman–Crippen LogP) is -4.43. The molecule has 7 amide bonds. The van der Waals surface area contributed by atoms with E-state index in [4.69, 9.17) is 33.1 Å². The van der Waals surface area contributed by atoms with Crippen LogP contribution >= 0.6 is 0 Å². The van der Waals surface area contributed by atoms with Crippen LogP contribution in [0.5, 0.6) is 0 Å². The van der Waals surface area contributed by atoms with Crippen molar-refractivity contribution in [2.24, 2.45) is 23.1 Å². The number of primary amides is 1. The van der Waals surface area contributed by atoms with Gasteiger partial charge in [0.05, 0.1) is 0 Å². The second-order valence-corrected chi connectivity index (χ2v) is 14.4. The molecule has 0 aliphatic carbocycles. The zero-order valence-corrected chi connectivity index (χ0v) is 34.4. The summed E-state index contributed by atoms with van der Waals surface area (Å²) in [6, 6.07) is -8.95. The molecule has 0 radical (unpaired) electrons. The fourth-order valence-electron chi connectivity index (χ4n) is 5.52. The Balaban J connectivity index is 6.50. The van der Waals surface area contributed by atoms with Gasteiger partial charge in [0, 0.05) is 39.3 Å². The first-order valence-corrected chi connectivity index (χ1v) is 19.3. The van der Waals surface area contributed by atoms with Crippen LogP contribution in [0.25, 0.3) is 0 Å². The maximum absolute atomic E-state index is 13.8. The van der Waals surface area contributed by atoms with Crippen LogP contribution in [0.3, 0.4) is 0 Å². The molecular formula is C35H61N13O13. The van der Waals surface area contributed by atoms with E-state index in [0.717, 1.165) is 6.92 Å². The molecule has 0 saturated carbocycles. The normalized spacial score (nSPS) is 13.6. The van der Waals surface area contributed by atoms with Crippen molar-refractivity contribution in [1.82, 2.24) is 42.5 Å². The number of guanidine groups is 2. The van der Waals surface area contributed by atoms with Crippen molar-refractivity contribution in [3.05, 3.63) is 0 Å². The maximum atomic E-state index is 13.8. The number of aliphatic carboxylic acids is 3. The SMILES string of the molecule is CC(=O)N[C@@H](CCC(=O)O)C(=O)N[C@@H](CCC(=O)O)C(=O)N[C@@H](CC(C)C)C(=O)N[C@@H](CCC(N)=O)C(=O)N[C@@H](CCCNC(=N)N)C(=O)N[C@@H](CCCNC(=N)N)C(=O)O. The van der Waals surface area contributed by atoms with E-state index in [-0.39, 0.29) is 69.5 Å². The highest BCUT2D eigenvalue weighted by atomic mass is 16.4. The van der Waals surface area contributed by atoms with Crippen molar-refractivity contribution in [2.45, 2.75) is 128 Å². The number of nitrogens with one attached hydrogen (secondary N) is 10. The summed E-state index contributed by atoms with van der Waals surface area (Å²) in [4.78, 5) is 126. The smallest absolute Gasteiger partial charge is 0.326 e. The molecule has 61 heavy (non-hydrogen) atoms. The van der Waals surface area contributed by atoms with Gasteiger partial charge in [0.1, 0.15) is 36.3 Å². The number of nitrogens with two attached hydrogens (primary N) is 3. The van der Waals surface area contributed by atoms with Crippen LogP contribution in [0.1, 0.15) is 91.4 Å². The van der Waals surface area contributed by atoms with Crippen molar-refractivity contribution in [3.63, 3.8) is 0 Å². The molecule has 0 saturated heterocycles. The summed E-state index contributed by atoms with van der Waals surface area (Å²) in [6.07, 6.45) is -2.95. The molecule has 0 heterocycles. The summed E-state index contributed by atoms with van der Waals surface area (Å²) >= 11 is 0. The van der Waals surface area contributed by atoms with Gasteiger partial charge in [0.2, 0.25) is 41.4 Å². The van der Waals surface area contributed by atoms with E-state index < -0.39 is 128 Å². The van der Waals surface area contributed by atoms with Gasteiger partial charge in [0.15, 0.2) is 11.9 Å². The van der Waals surface area contributed by atoms with Gasteiger partial charge in [0.25, 0.3) is 0 Å². The number of carboxylic acids is 3. The van der Waals surface area contributed by atoms with Crippen molar-refractivity contribution >= 4 is 71.2 Å².